The van der Waals surface area contributed by atoms with Gasteiger partial charge in [-0.15, -0.1) is 11.3 Å². The Bertz CT molecular complexity index is 1420. The molecule has 164 valence electrons. The molecule has 0 unspecified atom stereocenters. The van der Waals surface area contributed by atoms with E-state index >= 15 is 0 Å². The van der Waals surface area contributed by atoms with Gasteiger partial charge in [-0.25, -0.2) is 4.98 Å². The molecule has 3 heterocycles. The average Bonchev–Trinajstić information content (AvgIpc) is 3.33. The molecule has 0 atom stereocenters. The molecule has 0 saturated carbocycles. The molecule has 6 rings (SSSR count). The third-order valence-corrected chi connectivity index (χ3v) is 7.35. The number of aromatic nitrogens is 2. The Morgan fingerprint density at radius 3 is 2.52 bits per heavy atom. The lowest BCUT2D eigenvalue weighted by Gasteiger charge is -2.27. The number of hydrogen-bond donors (Lipinski definition) is 2. The van der Waals surface area contributed by atoms with Crippen molar-refractivity contribution in [3.63, 3.8) is 0 Å². The predicted octanol–water partition coefficient (Wildman–Crippen LogP) is 6.82. The summed E-state index contributed by atoms with van der Waals surface area (Å²) < 4.78 is 1.19. The number of benzene rings is 3. The first-order valence-corrected chi connectivity index (χ1v) is 12.1. The summed E-state index contributed by atoms with van der Waals surface area (Å²) in [5.74, 6) is 0.522. The number of nitrogens with one attached hydrogen (secondary N) is 1. The number of piperidine rings is 1. The van der Waals surface area contributed by atoms with Gasteiger partial charge in [0.2, 0.25) is 0 Å². The Balaban J connectivity index is 1.30. The summed E-state index contributed by atoms with van der Waals surface area (Å²) in [5.41, 5.74) is 9.62. The molecule has 2 aromatic heterocycles. The zero-order valence-corrected chi connectivity index (χ0v) is 18.9. The number of rotatable bonds is 4. The molecule has 5 aromatic rings. The summed E-state index contributed by atoms with van der Waals surface area (Å²) in [6, 6.07) is 23.6. The van der Waals surface area contributed by atoms with Gasteiger partial charge in [0.15, 0.2) is 0 Å². The minimum absolute atomic E-state index is 0.522. The third kappa shape index (κ3) is 4.09. The van der Waals surface area contributed by atoms with Gasteiger partial charge >= 0.3 is 0 Å². The summed E-state index contributed by atoms with van der Waals surface area (Å²) in [5, 5.41) is 15.7. The fourth-order valence-corrected chi connectivity index (χ4v) is 5.33. The van der Waals surface area contributed by atoms with Crippen LogP contribution in [0.25, 0.3) is 32.2 Å². The molecule has 1 saturated heterocycles. The number of hydrogen-bond acceptors (Lipinski definition) is 6. The van der Waals surface area contributed by atoms with Crippen LogP contribution >= 0.6 is 11.3 Å². The highest BCUT2D eigenvalue weighted by Gasteiger charge is 2.19. The first-order valence-electron chi connectivity index (χ1n) is 11.3. The predicted molar refractivity (Wildman–Crippen MR) is 135 cm³/mol. The zero-order valence-electron chi connectivity index (χ0n) is 18.1. The SMILES string of the molecule is ON1CCC(c2ccc(-c3ccc4nccc(Nc5ccc6scnc6c5)c4c3)cc2)CC1. The van der Waals surface area contributed by atoms with E-state index in [0.717, 1.165) is 53.7 Å². The summed E-state index contributed by atoms with van der Waals surface area (Å²) in [6.45, 7) is 1.49. The molecule has 2 N–H and O–H groups in total. The van der Waals surface area contributed by atoms with E-state index in [2.05, 4.69) is 75.9 Å². The van der Waals surface area contributed by atoms with Gasteiger partial charge in [0, 0.05) is 36.0 Å². The highest BCUT2D eigenvalue weighted by Crippen LogP contribution is 2.33. The normalized spacial score (nSPS) is 15.3. The molecular weight excluding hydrogens is 428 g/mol. The smallest absolute Gasteiger partial charge is 0.0832 e. The van der Waals surface area contributed by atoms with Gasteiger partial charge in [-0.2, -0.15) is 5.06 Å². The van der Waals surface area contributed by atoms with Gasteiger partial charge in [0.25, 0.3) is 0 Å². The monoisotopic (exact) mass is 452 g/mol. The second-order valence-electron chi connectivity index (χ2n) is 8.60. The molecule has 5 nitrogen and oxygen atoms in total. The van der Waals surface area contributed by atoms with Crippen LogP contribution in [-0.2, 0) is 0 Å². The van der Waals surface area contributed by atoms with Crippen molar-refractivity contribution in [3.05, 3.63) is 84.0 Å². The van der Waals surface area contributed by atoms with Crippen molar-refractivity contribution in [2.75, 3.05) is 18.4 Å². The third-order valence-electron chi connectivity index (χ3n) is 6.54. The van der Waals surface area contributed by atoms with Crippen molar-refractivity contribution in [2.45, 2.75) is 18.8 Å². The number of anilines is 2. The highest BCUT2D eigenvalue weighted by atomic mass is 32.1. The van der Waals surface area contributed by atoms with Crippen LogP contribution in [0.5, 0.6) is 0 Å². The van der Waals surface area contributed by atoms with Crippen LogP contribution in [0.1, 0.15) is 24.3 Å². The maximum absolute atomic E-state index is 9.63. The van der Waals surface area contributed by atoms with Gasteiger partial charge in [0.1, 0.15) is 0 Å². The van der Waals surface area contributed by atoms with Crippen molar-refractivity contribution in [2.24, 2.45) is 0 Å². The van der Waals surface area contributed by atoms with Gasteiger partial charge in [-0.1, -0.05) is 30.3 Å². The molecule has 1 aliphatic heterocycles. The standard InChI is InChI=1S/C27H24N4OS/c32-31-13-10-20(11-14-31)18-1-3-19(4-2-18)21-5-7-24-23(15-21)25(9-12-28-24)30-22-6-8-27-26(16-22)29-17-33-27/h1-9,12,15-17,20,32H,10-11,13-14H2,(H,28,30). The number of pyridine rings is 1. The van der Waals surface area contributed by atoms with E-state index in [1.165, 1.54) is 26.5 Å². The average molecular weight is 453 g/mol. The molecule has 33 heavy (non-hydrogen) atoms. The summed E-state index contributed by atoms with van der Waals surface area (Å²) in [4.78, 5) is 9.00. The molecule has 0 aliphatic carbocycles. The van der Waals surface area contributed by atoms with E-state index in [1.54, 1.807) is 11.3 Å². The molecule has 0 bridgehead atoms. The van der Waals surface area contributed by atoms with Gasteiger partial charge < -0.3 is 10.5 Å². The second-order valence-corrected chi connectivity index (χ2v) is 9.49. The Hall–Kier alpha value is -3.32. The molecule has 0 spiro atoms. The lowest BCUT2D eigenvalue weighted by atomic mass is 9.89. The van der Waals surface area contributed by atoms with Crippen molar-refractivity contribution in [1.82, 2.24) is 15.0 Å². The van der Waals surface area contributed by atoms with Gasteiger partial charge in [-0.05, 0) is 71.8 Å². The molecule has 0 radical (unpaired) electrons. The van der Waals surface area contributed by atoms with E-state index in [-0.39, 0.29) is 0 Å². The summed E-state index contributed by atoms with van der Waals surface area (Å²) >= 11 is 1.65. The second kappa shape index (κ2) is 8.56. The van der Waals surface area contributed by atoms with E-state index in [4.69, 9.17) is 0 Å². The molecule has 3 aromatic carbocycles. The van der Waals surface area contributed by atoms with Crippen LogP contribution in [0.2, 0.25) is 0 Å². The highest BCUT2D eigenvalue weighted by molar-refractivity contribution is 7.16. The van der Waals surface area contributed by atoms with Crippen LogP contribution < -0.4 is 5.32 Å². The lowest BCUT2D eigenvalue weighted by molar-refractivity contribution is -0.106. The van der Waals surface area contributed by atoms with Crippen molar-refractivity contribution >= 4 is 43.8 Å². The number of fused-ring (bicyclic) bond motifs is 2. The maximum Gasteiger partial charge on any atom is 0.0832 e. The quantitative estimate of drug-likeness (QED) is 0.313. The van der Waals surface area contributed by atoms with E-state index in [1.807, 2.05) is 17.8 Å². The van der Waals surface area contributed by atoms with E-state index < -0.39 is 0 Å². The maximum atomic E-state index is 9.63. The largest absolute Gasteiger partial charge is 0.355 e. The number of nitrogens with zero attached hydrogens (tertiary/aromatic N) is 3. The fraction of sp³-hybridized carbons (Fsp3) is 0.185. The number of hydroxylamine groups is 2. The van der Waals surface area contributed by atoms with Gasteiger partial charge in [0.05, 0.1) is 21.2 Å². The van der Waals surface area contributed by atoms with Crippen LogP contribution in [0, 0.1) is 0 Å². The van der Waals surface area contributed by atoms with Crippen molar-refractivity contribution in [3.8, 4) is 11.1 Å². The summed E-state index contributed by atoms with van der Waals surface area (Å²) in [7, 11) is 0. The first kappa shape index (κ1) is 20.3. The number of thiazole rings is 1. The van der Waals surface area contributed by atoms with Crippen molar-refractivity contribution in [1.29, 1.82) is 0 Å². The molecule has 6 heteroatoms. The Labute approximate surface area is 196 Å². The Morgan fingerprint density at radius 1 is 0.848 bits per heavy atom. The first-order chi connectivity index (χ1) is 16.2. The minimum Gasteiger partial charge on any atom is -0.355 e. The molecular formula is C27H24N4OS. The Morgan fingerprint density at radius 2 is 1.67 bits per heavy atom. The fourth-order valence-electron chi connectivity index (χ4n) is 4.67. The van der Waals surface area contributed by atoms with E-state index in [0.29, 0.717) is 5.92 Å². The molecule has 1 fully saturated rings. The lowest BCUT2D eigenvalue weighted by Crippen LogP contribution is -2.29. The van der Waals surface area contributed by atoms with Crippen molar-refractivity contribution < 1.29 is 5.21 Å². The molecule has 0 amide bonds. The van der Waals surface area contributed by atoms with Gasteiger partial charge in [-0.3, -0.25) is 4.98 Å². The zero-order chi connectivity index (χ0) is 22.2. The topological polar surface area (TPSA) is 61.3 Å². The Kier molecular flexibility index (Phi) is 5.26. The molecule has 1 aliphatic rings. The van der Waals surface area contributed by atoms with Crippen LogP contribution in [-0.4, -0.2) is 33.3 Å². The van der Waals surface area contributed by atoms with Crippen LogP contribution in [0.4, 0.5) is 11.4 Å². The van der Waals surface area contributed by atoms with Crippen LogP contribution in [0.3, 0.4) is 0 Å². The summed E-state index contributed by atoms with van der Waals surface area (Å²) in [6.07, 6.45) is 3.84. The van der Waals surface area contributed by atoms with Crippen LogP contribution in [0.15, 0.2) is 78.4 Å². The van der Waals surface area contributed by atoms with E-state index in [9.17, 15) is 5.21 Å². The minimum atomic E-state index is 0.522.